The summed E-state index contributed by atoms with van der Waals surface area (Å²) in [4.78, 5) is 21.3. The monoisotopic (exact) mass is 494 g/mol. The maximum atomic E-state index is 13.7. The van der Waals surface area contributed by atoms with Crippen LogP contribution in [0.15, 0.2) is 79.0 Å². The fourth-order valence-electron chi connectivity index (χ4n) is 4.61. The highest BCUT2D eigenvalue weighted by molar-refractivity contribution is 5.81. The number of imidazole rings is 1. The van der Waals surface area contributed by atoms with Crippen LogP contribution in [0.4, 0.5) is 16.2 Å². The minimum Gasteiger partial charge on any atom is -0.354 e. The molecule has 0 amide bonds. The third kappa shape index (κ3) is 4.73. The molecule has 0 unspecified atom stereocenters. The molecule has 0 aliphatic carbocycles. The lowest BCUT2D eigenvalue weighted by Gasteiger charge is -2.28. The summed E-state index contributed by atoms with van der Waals surface area (Å²) in [6.45, 7) is 5.71. The molecular formula is C28H27FN8. The summed E-state index contributed by atoms with van der Waals surface area (Å²) >= 11 is 0. The van der Waals surface area contributed by atoms with Crippen molar-refractivity contribution in [3.05, 3.63) is 90.4 Å². The van der Waals surface area contributed by atoms with E-state index in [1.54, 1.807) is 18.3 Å². The Bertz CT molecular complexity index is 1510. The number of halogens is 1. The molecule has 6 rings (SSSR count). The van der Waals surface area contributed by atoms with Crippen LogP contribution in [-0.2, 0) is 0 Å². The van der Waals surface area contributed by atoms with E-state index in [-0.39, 0.29) is 11.9 Å². The number of hydrogen-bond donors (Lipinski definition) is 2. The Morgan fingerprint density at radius 2 is 1.65 bits per heavy atom. The number of aromatic nitrogens is 5. The molecule has 0 bridgehead atoms. The van der Waals surface area contributed by atoms with Crippen LogP contribution in [0.1, 0.15) is 18.5 Å². The second-order valence-electron chi connectivity index (χ2n) is 9.04. The van der Waals surface area contributed by atoms with Crippen LogP contribution < -0.4 is 15.5 Å². The maximum absolute atomic E-state index is 13.7. The smallest absolute Gasteiger partial charge is 0.225 e. The molecule has 9 heteroatoms. The van der Waals surface area contributed by atoms with Crippen LogP contribution in [0.5, 0.6) is 0 Å². The molecule has 1 saturated heterocycles. The minimum atomic E-state index is -0.297. The molecule has 1 aliphatic heterocycles. The predicted octanol–water partition coefficient (Wildman–Crippen LogP) is 4.60. The fraction of sp³-hybridized carbons (Fsp3) is 0.214. The molecule has 2 aromatic carbocycles. The number of benzene rings is 2. The van der Waals surface area contributed by atoms with Crippen molar-refractivity contribution in [2.45, 2.75) is 13.0 Å². The number of rotatable bonds is 6. The zero-order valence-corrected chi connectivity index (χ0v) is 20.5. The molecule has 0 spiro atoms. The maximum Gasteiger partial charge on any atom is 0.225 e. The Labute approximate surface area is 214 Å². The number of nitrogens with one attached hydrogen (secondary N) is 2. The van der Waals surface area contributed by atoms with Gasteiger partial charge in [-0.25, -0.2) is 19.3 Å². The van der Waals surface area contributed by atoms with Gasteiger partial charge in [-0.05, 0) is 55.0 Å². The van der Waals surface area contributed by atoms with Crippen molar-refractivity contribution < 1.29 is 4.39 Å². The van der Waals surface area contributed by atoms with Crippen LogP contribution in [-0.4, -0.2) is 50.7 Å². The van der Waals surface area contributed by atoms with E-state index in [0.717, 1.165) is 48.6 Å². The Balaban J connectivity index is 1.43. The lowest BCUT2D eigenvalue weighted by atomic mass is 10.1. The molecule has 4 heterocycles. The summed E-state index contributed by atoms with van der Waals surface area (Å²) in [6.07, 6.45) is 1.73. The average Bonchev–Trinajstić information content (AvgIpc) is 3.33. The number of piperazine rings is 1. The number of nitrogens with zero attached hydrogens (tertiary/aromatic N) is 6. The number of pyridine rings is 1. The van der Waals surface area contributed by atoms with E-state index in [9.17, 15) is 4.39 Å². The second kappa shape index (κ2) is 9.94. The lowest BCUT2D eigenvalue weighted by molar-refractivity contribution is 0.585. The summed E-state index contributed by atoms with van der Waals surface area (Å²) < 4.78 is 15.7. The molecule has 3 aromatic heterocycles. The van der Waals surface area contributed by atoms with Gasteiger partial charge in [0.15, 0.2) is 5.65 Å². The summed E-state index contributed by atoms with van der Waals surface area (Å²) in [7, 11) is 0. The van der Waals surface area contributed by atoms with E-state index in [4.69, 9.17) is 15.0 Å². The van der Waals surface area contributed by atoms with Crippen LogP contribution in [0, 0.1) is 5.82 Å². The molecule has 1 aliphatic rings. The molecule has 0 saturated carbocycles. The quantitative estimate of drug-likeness (QED) is 0.357. The number of fused-ring (bicyclic) bond motifs is 1. The standard InChI is InChI=1S/C28H27FN8/c1-19(20-5-3-2-4-6-20)32-28-31-14-13-25(34-28)37-23-11-12-24(36-17-15-30-16-18-36)33-26(23)35-27(37)21-7-9-22(29)10-8-21/h2-14,19,30H,15-18H2,1H3,(H,31,32,34)/t19-/m1/s1. The van der Waals surface area contributed by atoms with Gasteiger partial charge in [-0.3, -0.25) is 4.57 Å². The molecular weight excluding hydrogens is 467 g/mol. The van der Waals surface area contributed by atoms with Gasteiger partial charge in [0.1, 0.15) is 23.3 Å². The van der Waals surface area contributed by atoms with Gasteiger partial charge >= 0.3 is 0 Å². The summed E-state index contributed by atoms with van der Waals surface area (Å²) in [6, 6.07) is 22.4. The van der Waals surface area contributed by atoms with Crippen molar-refractivity contribution in [1.82, 2.24) is 29.8 Å². The minimum absolute atomic E-state index is 0.0239. The molecule has 1 fully saturated rings. The highest BCUT2D eigenvalue weighted by Crippen LogP contribution is 2.29. The van der Waals surface area contributed by atoms with Crippen molar-refractivity contribution in [3.63, 3.8) is 0 Å². The van der Waals surface area contributed by atoms with Gasteiger partial charge in [0.2, 0.25) is 5.95 Å². The lowest BCUT2D eigenvalue weighted by Crippen LogP contribution is -2.43. The summed E-state index contributed by atoms with van der Waals surface area (Å²) in [5, 5.41) is 6.77. The van der Waals surface area contributed by atoms with E-state index < -0.39 is 0 Å². The SMILES string of the molecule is C[C@@H](Nc1nccc(-n2c(-c3ccc(F)cc3)nc3nc(N4CCNCC4)ccc32)n1)c1ccccc1. The van der Waals surface area contributed by atoms with Gasteiger partial charge in [-0.2, -0.15) is 4.98 Å². The first-order chi connectivity index (χ1) is 18.2. The first-order valence-corrected chi connectivity index (χ1v) is 12.4. The number of hydrogen-bond acceptors (Lipinski definition) is 7. The van der Waals surface area contributed by atoms with Crippen LogP contribution in [0.2, 0.25) is 0 Å². The molecule has 5 aromatic rings. The summed E-state index contributed by atoms with van der Waals surface area (Å²) in [5.41, 5.74) is 3.34. The largest absolute Gasteiger partial charge is 0.354 e. The molecule has 37 heavy (non-hydrogen) atoms. The molecule has 1 atom stereocenters. The van der Waals surface area contributed by atoms with Gasteiger partial charge in [-0.15, -0.1) is 0 Å². The third-order valence-corrected chi connectivity index (χ3v) is 6.56. The van der Waals surface area contributed by atoms with Crippen molar-refractivity contribution in [1.29, 1.82) is 0 Å². The van der Waals surface area contributed by atoms with E-state index in [0.29, 0.717) is 23.2 Å². The van der Waals surface area contributed by atoms with Crippen LogP contribution in [0.25, 0.3) is 28.4 Å². The Hall–Kier alpha value is -4.37. The Morgan fingerprint density at radius 1 is 0.865 bits per heavy atom. The highest BCUT2D eigenvalue weighted by atomic mass is 19.1. The van der Waals surface area contributed by atoms with Gasteiger partial charge in [0, 0.05) is 37.9 Å². The Morgan fingerprint density at radius 3 is 2.43 bits per heavy atom. The van der Waals surface area contributed by atoms with Crippen molar-refractivity contribution in [3.8, 4) is 17.2 Å². The van der Waals surface area contributed by atoms with Gasteiger partial charge in [0.25, 0.3) is 0 Å². The highest BCUT2D eigenvalue weighted by Gasteiger charge is 2.20. The van der Waals surface area contributed by atoms with E-state index in [2.05, 4.69) is 39.6 Å². The zero-order valence-electron chi connectivity index (χ0n) is 20.5. The first-order valence-electron chi connectivity index (χ1n) is 12.4. The molecule has 0 radical (unpaired) electrons. The molecule has 186 valence electrons. The zero-order chi connectivity index (χ0) is 25.2. The first kappa shape index (κ1) is 23.1. The normalized spacial score (nSPS) is 14.6. The topological polar surface area (TPSA) is 83.8 Å². The molecule has 8 nitrogen and oxygen atoms in total. The van der Waals surface area contributed by atoms with Crippen molar-refractivity contribution >= 4 is 22.9 Å². The Kier molecular flexibility index (Phi) is 6.20. The van der Waals surface area contributed by atoms with E-state index >= 15 is 0 Å². The van der Waals surface area contributed by atoms with Gasteiger partial charge in [-0.1, -0.05) is 30.3 Å². The second-order valence-corrected chi connectivity index (χ2v) is 9.04. The van der Waals surface area contributed by atoms with E-state index in [1.165, 1.54) is 12.1 Å². The van der Waals surface area contributed by atoms with Crippen molar-refractivity contribution in [2.75, 3.05) is 36.4 Å². The molecule has 2 N–H and O–H groups in total. The third-order valence-electron chi connectivity index (χ3n) is 6.56. The van der Waals surface area contributed by atoms with Crippen LogP contribution in [0.3, 0.4) is 0 Å². The van der Waals surface area contributed by atoms with Gasteiger partial charge < -0.3 is 15.5 Å². The average molecular weight is 495 g/mol. The van der Waals surface area contributed by atoms with E-state index in [1.807, 2.05) is 41.0 Å². The number of anilines is 2. The predicted molar refractivity (Wildman–Crippen MR) is 143 cm³/mol. The van der Waals surface area contributed by atoms with Crippen LogP contribution >= 0.6 is 0 Å². The van der Waals surface area contributed by atoms with Gasteiger partial charge in [0.05, 0.1) is 11.6 Å². The fourth-order valence-corrected chi connectivity index (χ4v) is 4.61. The summed E-state index contributed by atoms with van der Waals surface area (Å²) in [5.74, 6) is 2.39. The van der Waals surface area contributed by atoms with Crippen molar-refractivity contribution in [2.24, 2.45) is 0 Å².